The molecule has 4 aliphatic carbocycles. The molecular formula is C23H28F2O4. The largest absolute Gasteiger partial charge is 0.463 e. The molecule has 2 unspecified atom stereocenters. The van der Waals surface area contributed by atoms with E-state index in [1.165, 1.54) is 30.4 Å². The second-order valence-electron chi connectivity index (χ2n) is 9.73. The molecule has 0 amide bonds. The average Bonchev–Trinajstić information content (AvgIpc) is 2.63. The quantitative estimate of drug-likeness (QED) is 0.649. The Bertz CT molecular complexity index is 782. The van der Waals surface area contributed by atoms with Gasteiger partial charge in [0.2, 0.25) is 0 Å². The molecule has 0 aliphatic heterocycles. The highest BCUT2D eigenvalue weighted by Gasteiger charge is 2.58. The van der Waals surface area contributed by atoms with Crippen LogP contribution in [0.4, 0.5) is 8.78 Å². The van der Waals surface area contributed by atoms with Crippen LogP contribution >= 0.6 is 0 Å². The van der Waals surface area contributed by atoms with Gasteiger partial charge in [-0.3, -0.25) is 0 Å². The van der Waals surface area contributed by atoms with Crippen molar-refractivity contribution in [3.8, 4) is 0 Å². The fourth-order valence-electron chi connectivity index (χ4n) is 6.39. The summed E-state index contributed by atoms with van der Waals surface area (Å²) >= 11 is 0. The number of ether oxygens (including phenoxy) is 2. The lowest BCUT2D eigenvalue weighted by Crippen LogP contribution is -2.55. The second kappa shape index (κ2) is 7.06. The summed E-state index contributed by atoms with van der Waals surface area (Å²) in [7, 11) is 0. The van der Waals surface area contributed by atoms with E-state index >= 15 is 0 Å². The summed E-state index contributed by atoms with van der Waals surface area (Å²) in [6.07, 6.45) is 6.67. The summed E-state index contributed by atoms with van der Waals surface area (Å²) in [5.41, 5.74) is 2.70. The number of benzene rings is 1. The Balaban J connectivity index is 1.42. The Labute approximate surface area is 169 Å². The molecule has 2 atom stereocenters. The van der Waals surface area contributed by atoms with Crippen LogP contribution in [0.15, 0.2) is 24.3 Å². The predicted molar refractivity (Wildman–Crippen MR) is 103 cm³/mol. The molecule has 0 aromatic heterocycles. The zero-order chi connectivity index (χ0) is 20.9. The van der Waals surface area contributed by atoms with E-state index in [-0.39, 0.29) is 17.4 Å². The topological polar surface area (TPSA) is 52.6 Å². The van der Waals surface area contributed by atoms with Crippen molar-refractivity contribution in [2.75, 3.05) is 13.2 Å². The van der Waals surface area contributed by atoms with Gasteiger partial charge in [-0.05, 0) is 68.3 Å². The smallest absolute Gasteiger partial charge is 0.377 e. The van der Waals surface area contributed by atoms with Gasteiger partial charge in [-0.25, -0.2) is 9.59 Å². The van der Waals surface area contributed by atoms with Crippen molar-refractivity contribution in [3.63, 3.8) is 0 Å². The third-order valence-corrected chi connectivity index (χ3v) is 7.07. The lowest BCUT2D eigenvalue weighted by molar-refractivity contribution is -0.178. The molecule has 4 bridgehead atoms. The summed E-state index contributed by atoms with van der Waals surface area (Å²) in [6, 6.07) is 8.82. The SMILES string of the molecule is Cc1ccc(C23CC4CC(CC(COC(=O)COC(=O)C(C)(F)F)(C4)C2)C3)cc1. The molecular weight excluding hydrogens is 378 g/mol. The molecule has 4 fully saturated rings. The van der Waals surface area contributed by atoms with Gasteiger partial charge in [0, 0.05) is 12.3 Å². The minimum absolute atomic E-state index is 0.0661. The summed E-state index contributed by atoms with van der Waals surface area (Å²) in [5.74, 6) is -4.81. The maximum absolute atomic E-state index is 12.9. The molecule has 0 heterocycles. The van der Waals surface area contributed by atoms with Crippen LogP contribution in [0.2, 0.25) is 0 Å². The van der Waals surface area contributed by atoms with Gasteiger partial charge < -0.3 is 9.47 Å². The summed E-state index contributed by atoms with van der Waals surface area (Å²) in [6.45, 7) is 2.03. The van der Waals surface area contributed by atoms with Crippen molar-refractivity contribution >= 4 is 11.9 Å². The number of halogens is 2. The van der Waals surface area contributed by atoms with E-state index in [1.54, 1.807) is 0 Å². The maximum atomic E-state index is 12.9. The average molecular weight is 406 g/mol. The number of rotatable bonds is 6. The molecule has 4 nitrogen and oxygen atoms in total. The monoisotopic (exact) mass is 406 g/mol. The van der Waals surface area contributed by atoms with E-state index in [1.807, 2.05) is 0 Å². The Morgan fingerprint density at radius 3 is 2.28 bits per heavy atom. The molecule has 0 radical (unpaired) electrons. The zero-order valence-corrected chi connectivity index (χ0v) is 17.0. The molecule has 158 valence electrons. The van der Waals surface area contributed by atoms with Crippen molar-refractivity contribution in [2.24, 2.45) is 17.3 Å². The second-order valence-corrected chi connectivity index (χ2v) is 9.73. The molecule has 6 heteroatoms. The highest BCUT2D eigenvalue weighted by molar-refractivity contribution is 5.80. The van der Waals surface area contributed by atoms with Gasteiger partial charge in [0.15, 0.2) is 6.61 Å². The number of carbonyl (C=O) groups excluding carboxylic acids is 2. The van der Waals surface area contributed by atoms with Crippen LogP contribution < -0.4 is 0 Å². The molecule has 1 aromatic rings. The fraction of sp³-hybridized carbons (Fsp3) is 0.652. The van der Waals surface area contributed by atoms with Gasteiger partial charge in [0.05, 0.1) is 6.61 Å². The van der Waals surface area contributed by atoms with Crippen LogP contribution in [0, 0.1) is 24.2 Å². The van der Waals surface area contributed by atoms with Crippen molar-refractivity contribution in [1.82, 2.24) is 0 Å². The van der Waals surface area contributed by atoms with Crippen LogP contribution in [0.5, 0.6) is 0 Å². The van der Waals surface area contributed by atoms with Gasteiger partial charge >= 0.3 is 17.9 Å². The van der Waals surface area contributed by atoms with E-state index in [9.17, 15) is 18.4 Å². The number of carbonyl (C=O) groups is 2. The number of hydrogen-bond donors (Lipinski definition) is 0. The van der Waals surface area contributed by atoms with Crippen LogP contribution in [0.3, 0.4) is 0 Å². The minimum atomic E-state index is -3.61. The summed E-state index contributed by atoms with van der Waals surface area (Å²) < 4.78 is 35.5. The Hall–Kier alpha value is -1.98. The van der Waals surface area contributed by atoms with Gasteiger partial charge in [0.25, 0.3) is 0 Å². The molecule has 0 spiro atoms. The van der Waals surface area contributed by atoms with Crippen LogP contribution in [0.25, 0.3) is 0 Å². The number of alkyl halides is 2. The van der Waals surface area contributed by atoms with E-state index in [2.05, 4.69) is 35.9 Å². The molecule has 0 N–H and O–H groups in total. The maximum Gasteiger partial charge on any atom is 0.377 e. The number of esters is 2. The van der Waals surface area contributed by atoms with Gasteiger partial charge in [-0.15, -0.1) is 0 Å². The van der Waals surface area contributed by atoms with E-state index in [0.29, 0.717) is 18.8 Å². The lowest BCUT2D eigenvalue weighted by Gasteiger charge is -2.62. The fourth-order valence-corrected chi connectivity index (χ4v) is 6.39. The first-order chi connectivity index (χ1) is 13.6. The number of hydrogen-bond acceptors (Lipinski definition) is 4. The predicted octanol–water partition coefficient (Wildman–Crippen LogP) is 4.57. The third kappa shape index (κ3) is 4.03. The molecule has 5 rings (SSSR count). The van der Waals surface area contributed by atoms with Crippen LogP contribution in [-0.4, -0.2) is 31.1 Å². The normalized spacial score (nSPS) is 32.8. The van der Waals surface area contributed by atoms with Crippen LogP contribution in [-0.2, 0) is 24.5 Å². The molecule has 29 heavy (non-hydrogen) atoms. The minimum Gasteiger partial charge on any atom is -0.463 e. The molecule has 1 aromatic carbocycles. The first kappa shape index (κ1) is 20.3. The molecule has 0 saturated heterocycles. The summed E-state index contributed by atoms with van der Waals surface area (Å²) in [5, 5.41) is 0. The molecule has 4 aliphatic rings. The third-order valence-electron chi connectivity index (χ3n) is 7.07. The van der Waals surface area contributed by atoms with Crippen LogP contribution in [0.1, 0.15) is 56.6 Å². The van der Waals surface area contributed by atoms with E-state index < -0.39 is 24.5 Å². The Morgan fingerprint density at radius 2 is 1.69 bits per heavy atom. The summed E-state index contributed by atoms with van der Waals surface area (Å²) in [4.78, 5) is 23.1. The highest BCUT2D eigenvalue weighted by Crippen LogP contribution is 2.65. The van der Waals surface area contributed by atoms with Crippen molar-refractivity contribution in [3.05, 3.63) is 35.4 Å². The Morgan fingerprint density at radius 1 is 1.07 bits per heavy atom. The van der Waals surface area contributed by atoms with Crippen molar-refractivity contribution in [1.29, 1.82) is 0 Å². The van der Waals surface area contributed by atoms with Crippen molar-refractivity contribution in [2.45, 2.75) is 63.7 Å². The molecule has 4 saturated carbocycles. The zero-order valence-electron chi connectivity index (χ0n) is 17.0. The van der Waals surface area contributed by atoms with Gasteiger partial charge in [0.1, 0.15) is 0 Å². The standard InChI is InChI=1S/C23H28F2O4/c1-15-3-5-18(6-4-15)23-10-16-7-17(11-23)9-22(8-16,13-23)14-29-19(26)12-28-20(27)21(2,24)25/h3-6,16-17H,7-14H2,1-2H3. The van der Waals surface area contributed by atoms with E-state index in [0.717, 1.165) is 19.3 Å². The van der Waals surface area contributed by atoms with Gasteiger partial charge in [-0.1, -0.05) is 29.8 Å². The van der Waals surface area contributed by atoms with Crippen molar-refractivity contribution < 1.29 is 27.8 Å². The van der Waals surface area contributed by atoms with Gasteiger partial charge in [-0.2, -0.15) is 8.78 Å². The first-order valence-electron chi connectivity index (χ1n) is 10.4. The lowest BCUT2D eigenvalue weighted by atomic mass is 9.43. The highest BCUT2D eigenvalue weighted by atomic mass is 19.3. The number of aryl methyl sites for hydroxylation is 1. The van der Waals surface area contributed by atoms with E-state index in [4.69, 9.17) is 4.74 Å². The Kier molecular flexibility index (Phi) is 4.94. The first-order valence-corrected chi connectivity index (χ1v) is 10.4.